The number of benzene rings is 9. The van der Waals surface area contributed by atoms with E-state index in [9.17, 15) is 0 Å². The molecule has 0 aliphatic rings. The zero-order chi connectivity index (χ0) is 40.3. The van der Waals surface area contributed by atoms with E-state index in [1.54, 1.807) is 0 Å². The molecule has 0 saturated heterocycles. The van der Waals surface area contributed by atoms with Gasteiger partial charge in [-0.05, 0) is 69.1 Å². The van der Waals surface area contributed by atoms with Crippen LogP contribution >= 0.6 is 0 Å². The number of pyridine rings is 1. The summed E-state index contributed by atoms with van der Waals surface area (Å²) in [4.78, 5) is 15.7. The molecule has 9 aromatic carbocycles. The molecule has 0 radical (unpaired) electrons. The van der Waals surface area contributed by atoms with E-state index < -0.39 is 0 Å². The second-order valence-electron chi connectivity index (χ2n) is 15.6. The van der Waals surface area contributed by atoms with Gasteiger partial charge < -0.3 is 4.57 Å². The van der Waals surface area contributed by atoms with Crippen molar-refractivity contribution < 1.29 is 0 Å². The molecule has 12 aromatic rings. The van der Waals surface area contributed by atoms with Gasteiger partial charge in [0.1, 0.15) is 0 Å². The monoisotopic (exact) mass is 776 g/mol. The molecular weight excluding hydrogens is 741 g/mol. The van der Waals surface area contributed by atoms with Crippen LogP contribution in [0.2, 0.25) is 0 Å². The van der Waals surface area contributed by atoms with E-state index in [0.29, 0.717) is 5.82 Å². The SMILES string of the molecule is c1ccc(-c2nc(-c3ccc(-c4cc5ccccc5c5ccccc45)cc3)cc(-c3ccc(-c4nc5ccccc5c5c4c4ccccc4n5-c4ccccc4)cc3)n2)cc1. The van der Waals surface area contributed by atoms with Gasteiger partial charge in [0.05, 0.1) is 33.6 Å². The predicted molar refractivity (Wildman–Crippen MR) is 254 cm³/mol. The second-order valence-corrected chi connectivity index (χ2v) is 15.6. The Labute approximate surface area is 352 Å². The molecule has 0 N–H and O–H groups in total. The fraction of sp³-hybridized carbons (Fsp3) is 0. The lowest BCUT2D eigenvalue weighted by atomic mass is 9.93. The van der Waals surface area contributed by atoms with Gasteiger partial charge in [-0.2, -0.15) is 0 Å². The normalized spacial score (nSPS) is 11.6. The largest absolute Gasteiger partial charge is 0.308 e. The minimum Gasteiger partial charge on any atom is -0.308 e. The molecular formula is C57H36N4. The van der Waals surface area contributed by atoms with E-state index in [-0.39, 0.29) is 0 Å². The molecule has 0 atom stereocenters. The highest BCUT2D eigenvalue weighted by molar-refractivity contribution is 6.22. The molecule has 0 aliphatic heterocycles. The lowest BCUT2D eigenvalue weighted by Gasteiger charge is -2.13. The number of hydrogen-bond donors (Lipinski definition) is 0. The number of fused-ring (bicyclic) bond motifs is 8. The number of hydrogen-bond acceptors (Lipinski definition) is 3. The first-order chi connectivity index (χ1) is 30.2. The summed E-state index contributed by atoms with van der Waals surface area (Å²) in [6, 6.07) is 77.3. The first kappa shape index (κ1) is 34.8. The van der Waals surface area contributed by atoms with Gasteiger partial charge in [-0.15, -0.1) is 0 Å². The van der Waals surface area contributed by atoms with Crippen molar-refractivity contribution in [2.24, 2.45) is 0 Å². The lowest BCUT2D eigenvalue weighted by molar-refractivity contribution is 1.18. The number of para-hydroxylation sites is 3. The Kier molecular flexibility index (Phi) is 8.13. The molecule has 3 aromatic heterocycles. The molecule has 0 amide bonds. The average Bonchev–Trinajstić information content (AvgIpc) is 3.70. The van der Waals surface area contributed by atoms with Gasteiger partial charge in [0, 0.05) is 44.1 Å². The molecule has 284 valence electrons. The molecule has 0 saturated carbocycles. The van der Waals surface area contributed by atoms with E-state index in [4.69, 9.17) is 15.0 Å². The maximum Gasteiger partial charge on any atom is 0.160 e. The Hall–Kier alpha value is -8.21. The fourth-order valence-electron chi connectivity index (χ4n) is 9.11. The predicted octanol–water partition coefficient (Wildman–Crippen LogP) is 14.8. The van der Waals surface area contributed by atoms with E-state index >= 15 is 0 Å². The van der Waals surface area contributed by atoms with Crippen molar-refractivity contribution in [1.29, 1.82) is 0 Å². The summed E-state index contributed by atoms with van der Waals surface area (Å²) in [6.45, 7) is 0. The van der Waals surface area contributed by atoms with Crippen molar-refractivity contribution in [3.05, 3.63) is 218 Å². The third-order valence-electron chi connectivity index (χ3n) is 12.0. The Morgan fingerprint density at radius 3 is 1.61 bits per heavy atom. The van der Waals surface area contributed by atoms with Crippen LogP contribution in [0.5, 0.6) is 0 Å². The molecule has 0 spiro atoms. The van der Waals surface area contributed by atoms with Crippen LogP contribution < -0.4 is 0 Å². The first-order valence-corrected chi connectivity index (χ1v) is 20.7. The summed E-state index contributed by atoms with van der Waals surface area (Å²) in [6.07, 6.45) is 0. The molecule has 0 bridgehead atoms. The standard InChI is InChI=1S/C57H36N4/c1-3-15-41(16-4-1)57-59-51(38-29-27-37(28-30-38)49-35-42-17-7-8-20-44(42)45-21-9-10-22-46(45)49)36-52(60-57)39-31-33-40(34-32-39)55-54-48-24-12-14-26-53(48)61(43-18-5-2-6-19-43)56(54)47-23-11-13-25-50(47)58-55/h1-36H. The van der Waals surface area contributed by atoms with Crippen molar-refractivity contribution in [2.75, 3.05) is 0 Å². The van der Waals surface area contributed by atoms with Crippen molar-refractivity contribution in [3.8, 4) is 62.0 Å². The topological polar surface area (TPSA) is 43.6 Å². The van der Waals surface area contributed by atoms with Gasteiger partial charge in [-0.3, -0.25) is 0 Å². The van der Waals surface area contributed by atoms with Crippen LogP contribution in [0.1, 0.15) is 0 Å². The number of aromatic nitrogens is 4. The Morgan fingerprint density at radius 1 is 0.344 bits per heavy atom. The van der Waals surface area contributed by atoms with Gasteiger partial charge in [0.2, 0.25) is 0 Å². The van der Waals surface area contributed by atoms with E-state index in [1.807, 2.05) is 18.2 Å². The van der Waals surface area contributed by atoms with Gasteiger partial charge in [0.25, 0.3) is 0 Å². The molecule has 0 fully saturated rings. The van der Waals surface area contributed by atoms with Crippen LogP contribution in [0.4, 0.5) is 0 Å². The summed E-state index contributed by atoms with van der Waals surface area (Å²) in [5.41, 5.74) is 13.5. The Balaban J connectivity index is 0.979. The highest BCUT2D eigenvalue weighted by atomic mass is 15.0. The van der Waals surface area contributed by atoms with Crippen molar-refractivity contribution >= 4 is 54.3 Å². The average molecular weight is 777 g/mol. The van der Waals surface area contributed by atoms with Gasteiger partial charge in [0.15, 0.2) is 5.82 Å². The van der Waals surface area contributed by atoms with Gasteiger partial charge in [-0.25, -0.2) is 15.0 Å². The van der Waals surface area contributed by atoms with Crippen LogP contribution in [0.25, 0.3) is 116 Å². The lowest BCUT2D eigenvalue weighted by Crippen LogP contribution is -1.96. The molecule has 0 aliphatic carbocycles. The quantitative estimate of drug-likeness (QED) is 0.158. The number of rotatable bonds is 6. The molecule has 4 heteroatoms. The van der Waals surface area contributed by atoms with Crippen molar-refractivity contribution in [1.82, 2.24) is 19.5 Å². The molecule has 61 heavy (non-hydrogen) atoms. The third-order valence-corrected chi connectivity index (χ3v) is 12.0. The summed E-state index contributed by atoms with van der Waals surface area (Å²) in [5, 5.41) is 8.45. The molecule has 0 unspecified atom stereocenters. The maximum absolute atomic E-state index is 5.36. The van der Waals surface area contributed by atoms with E-state index in [2.05, 4.69) is 205 Å². The van der Waals surface area contributed by atoms with Crippen LogP contribution in [0.3, 0.4) is 0 Å². The van der Waals surface area contributed by atoms with Crippen LogP contribution in [-0.4, -0.2) is 19.5 Å². The molecule has 3 heterocycles. The second kappa shape index (κ2) is 14.3. The Morgan fingerprint density at radius 2 is 0.885 bits per heavy atom. The third kappa shape index (κ3) is 5.88. The summed E-state index contributed by atoms with van der Waals surface area (Å²) in [7, 11) is 0. The van der Waals surface area contributed by atoms with Crippen LogP contribution in [0, 0.1) is 0 Å². The highest BCUT2D eigenvalue weighted by Gasteiger charge is 2.21. The molecule has 12 rings (SSSR count). The van der Waals surface area contributed by atoms with Gasteiger partial charge >= 0.3 is 0 Å². The van der Waals surface area contributed by atoms with Gasteiger partial charge in [-0.1, -0.05) is 182 Å². The van der Waals surface area contributed by atoms with E-state index in [0.717, 1.165) is 72.3 Å². The highest BCUT2D eigenvalue weighted by Crippen LogP contribution is 2.42. The summed E-state index contributed by atoms with van der Waals surface area (Å²) in [5.74, 6) is 0.688. The zero-order valence-electron chi connectivity index (χ0n) is 33.1. The maximum atomic E-state index is 5.36. The minimum absolute atomic E-state index is 0.688. The van der Waals surface area contributed by atoms with Crippen molar-refractivity contribution in [3.63, 3.8) is 0 Å². The van der Waals surface area contributed by atoms with Crippen LogP contribution in [0.15, 0.2) is 218 Å². The number of nitrogens with zero attached hydrogens (tertiary/aromatic N) is 4. The van der Waals surface area contributed by atoms with Crippen LogP contribution in [-0.2, 0) is 0 Å². The summed E-state index contributed by atoms with van der Waals surface area (Å²) < 4.78 is 2.39. The molecule has 4 nitrogen and oxygen atoms in total. The fourth-order valence-corrected chi connectivity index (χ4v) is 9.11. The smallest absolute Gasteiger partial charge is 0.160 e. The zero-order valence-corrected chi connectivity index (χ0v) is 33.1. The van der Waals surface area contributed by atoms with E-state index in [1.165, 1.54) is 38.1 Å². The van der Waals surface area contributed by atoms with Crippen molar-refractivity contribution in [2.45, 2.75) is 0 Å². The first-order valence-electron chi connectivity index (χ1n) is 20.7. The summed E-state index contributed by atoms with van der Waals surface area (Å²) >= 11 is 0. The Bertz CT molecular complexity index is 3610. The minimum atomic E-state index is 0.688.